The first-order valence-corrected chi connectivity index (χ1v) is 4.61. The first-order valence-electron chi connectivity index (χ1n) is 4.61. The Bertz CT molecular complexity index is 340. The summed E-state index contributed by atoms with van der Waals surface area (Å²) in [4.78, 5) is 10.8. The molecule has 0 bridgehead atoms. The molecule has 0 amide bonds. The van der Waals surface area contributed by atoms with Crippen LogP contribution in [0.25, 0.3) is 0 Å². The smallest absolute Gasteiger partial charge is 0.308 e. The molecular weight excluding hydrogens is 176 g/mol. The molecular formula is C12H14O2. The summed E-state index contributed by atoms with van der Waals surface area (Å²) in [5.41, 5.74) is 1.03. The van der Waals surface area contributed by atoms with E-state index in [0.717, 1.165) is 12.0 Å². The van der Waals surface area contributed by atoms with E-state index >= 15 is 0 Å². The van der Waals surface area contributed by atoms with E-state index in [1.807, 2.05) is 37.3 Å². The van der Waals surface area contributed by atoms with E-state index in [4.69, 9.17) is 4.74 Å². The highest BCUT2D eigenvalue weighted by Gasteiger charge is 2.02. The van der Waals surface area contributed by atoms with Gasteiger partial charge in [-0.15, -0.1) is 0 Å². The van der Waals surface area contributed by atoms with Gasteiger partial charge in [-0.1, -0.05) is 30.4 Å². The van der Waals surface area contributed by atoms with Gasteiger partial charge in [0.2, 0.25) is 0 Å². The number of hydrogen-bond donors (Lipinski definition) is 0. The average Bonchev–Trinajstić information content (AvgIpc) is 2.16. The fourth-order valence-electron chi connectivity index (χ4n) is 1.17. The van der Waals surface area contributed by atoms with Crippen molar-refractivity contribution in [2.24, 2.45) is 0 Å². The number of rotatable bonds is 3. The van der Waals surface area contributed by atoms with Crippen LogP contribution in [0.2, 0.25) is 0 Å². The minimum absolute atomic E-state index is 0.280. The first-order chi connectivity index (χ1) is 6.74. The molecule has 0 unspecified atom stereocenters. The predicted octanol–water partition coefficient (Wildman–Crippen LogP) is 2.73. The Morgan fingerprint density at radius 1 is 1.43 bits per heavy atom. The first kappa shape index (κ1) is 10.5. The van der Waals surface area contributed by atoms with Crippen molar-refractivity contribution in [3.05, 3.63) is 42.0 Å². The Hall–Kier alpha value is -1.57. The number of benzene rings is 1. The van der Waals surface area contributed by atoms with Gasteiger partial charge in [-0.05, 0) is 25.0 Å². The van der Waals surface area contributed by atoms with Crippen LogP contribution in [0.15, 0.2) is 36.4 Å². The summed E-state index contributed by atoms with van der Waals surface area (Å²) >= 11 is 0. The number of ether oxygens (including phenoxy) is 1. The third-order valence-corrected chi connectivity index (χ3v) is 1.80. The molecule has 1 aromatic carbocycles. The molecule has 0 radical (unpaired) electrons. The van der Waals surface area contributed by atoms with Crippen LogP contribution in [0.3, 0.4) is 0 Å². The zero-order valence-electron chi connectivity index (χ0n) is 8.49. The second kappa shape index (κ2) is 5.22. The van der Waals surface area contributed by atoms with Gasteiger partial charge in [0, 0.05) is 6.92 Å². The van der Waals surface area contributed by atoms with E-state index in [2.05, 4.69) is 0 Å². The van der Waals surface area contributed by atoms with Crippen LogP contribution >= 0.6 is 0 Å². The summed E-state index contributed by atoms with van der Waals surface area (Å²) in [6, 6.07) is 7.56. The molecule has 0 atom stereocenters. The van der Waals surface area contributed by atoms with E-state index in [1.165, 1.54) is 6.92 Å². The van der Waals surface area contributed by atoms with Crippen molar-refractivity contribution in [3.8, 4) is 5.75 Å². The lowest BCUT2D eigenvalue weighted by molar-refractivity contribution is -0.131. The number of hydrogen-bond acceptors (Lipinski definition) is 2. The Balaban J connectivity index is 2.85. The number of carbonyl (C=O) groups excluding carboxylic acids is 1. The molecule has 0 heterocycles. The lowest BCUT2D eigenvalue weighted by atomic mass is 10.1. The van der Waals surface area contributed by atoms with Crippen LogP contribution < -0.4 is 4.74 Å². The highest BCUT2D eigenvalue weighted by atomic mass is 16.5. The van der Waals surface area contributed by atoms with Crippen molar-refractivity contribution in [3.63, 3.8) is 0 Å². The van der Waals surface area contributed by atoms with E-state index < -0.39 is 0 Å². The molecule has 0 aliphatic rings. The van der Waals surface area contributed by atoms with Gasteiger partial charge in [0.25, 0.3) is 0 Å². The lowest BCUT2D eigenvalue weighted by Crippen LogP contribution is -2.03. The summed E-state index contributed by atoms with van der Waals surface area (Å²) in [5, 5.41) is 0. The molecule has 0 N–H and O–H groups in total. The van der Waals surface area contributed by atoms with Gasteiger partial charge in [0.15, 0.2) is 0 Å². The molecule has 74 valence electrons. The maximum atomic E-state index is 10.8. The summed E-state index contributed by atoms with van der Waals surface area (Å²) in [6.45, 7) is 3.38. The molecule has 2 heteroatoms. The van der Waals surface area contributed by atoms with E-state index in [0.29, 0.717) is 5.75 Å². The molecule has 0 fully saturated rings. The standard InChI is InChI=1S/C12H14O2/c1-3-4-7-11-8-5-6-9-12(11)14-10(2)13/h3-6,8-9H,7H2,1-2H3. The number of esters is 1. The topological polar surface area (TPSA) is 26.3 Å². The van der Waals surface area contributed by atoms with Crippen LogP contribution in [0.5, 0.6) is 5.75 Å². The van der Waals surface area contributed by atoms with Gasteiger partial charge in [0.05, 0.1) is 0 Å². The molecule has 14 heavy (non-hydrogen) atoms. The summed E-state index contributed by atoms with van der Waals surface area (Å²) in [5.74, 6) is 0.371. The number of carbonyl (C=O) groups is 1. The average molecular weight is 190 g/mol. The maximum Gasteiger partial charge on any atom is 0.308 e. The second-order valence-corrected chi connectivity index (χ2v) is 2.97. The van der Waals surface area contributed by atoms with Gasteiger partial charge < -0.3 is 4.74 Å². The number of allylic oxidation sites excluding steroid dienone is 2. The van der Waals surface area contributed by atoms with E-state index in [-0.39, 0.29) is 5.97 Å². The fraction of sp³-hybridized carbons (Fsp3) is 0.250. The number of para-hydroxylation sites is 1. The van der Waals surface area contributed by atoms with Crippen LogP contribution in [0.1, 0.15) is 19.4 Å². The molecule has 0 aromatic heterocycles. The van der Waals surface area contributed by atoms with Crippen LogP contribution in [-0.4, -0.2) is 5.97 Å². The van der Waals surface area contributed by atoms with Crippen molar-refractivity contribution in [1.82, 2.24) is 0 Å². The summed E-state index contributed by atoms with van der Waals surface area (Å²) < 4.78 is 5.07. The Morgan fingerprint density at radius 3 is 2.79 bits per heavy atom. The summed E-state index contributed by atoms with van der Waals surface area (Å²) in [7, 11) is 0. The molecule has 0 spiro atoms. The largest absolute Gasteiger partial charge is 0.426 e. The molecule has 0 saturated carbocycles. The van der Waals surface area contributed by atoms with Crippen LogP contribution in [-0.2, 0) is 11.2 Å². The Kier molecular flexibility index (Phi) is 3.92. The molecule has 0 saturated heterocycles. The summed E-state index contributed by atoms with van der Waals surface area (Å²) in [6.07, 6.45) is 4.80. The quantitative estimate of drug-likeness (QED) is 0.416. The zero-order valence-corrected chi connectivity index (χ0v) is 8.49. The normalized spacial score (nSPS) is 10.4. The van der Waals surface area contributed by atoms with Gasteiger partial charge in [-0.3, -0.25) is 4.79 Å². The monoisotopic (exact) mass is 190 g/mol. The molecule has 0 aliphatic heterocycles. The zero-order chi connectivity index (χ0) is 10.4. The lowest BCUT2D eigenvalue weighted by Gasteiger charge is -2.05. The van der Waals surface area contributed by atoms with E-state index in [9.17, 15) is 4.79 Å². The predicted molar refractivity (Wildman–Crippen MR) is 56.3 cm³/mol. The van der Waals surface area contributed by atoms with Gasteiger partial charge in [-0.2, -0.15) is 0 Å². The van der Waals surface area contributed by atoms with Crippen molar-refractivity contribution in [2.75, 3.05) is 0 Å². The SMILES string of the molecule is CC=CCc1ccccc1OC(C)=O. The van der Waals surface area contributed by atoms with Crippen molar-refractivity contribution < 1.29 is 9.53 Å². The van der Waals surface area contributed by atoms with Crippen LogP contribution in [0, 0.1) is 0 Å². The van der Waals surface area contributed by atoms with Gasteiger partial charge in [-0.25, -0.2) is 0 Å². The van der Waals surface area contributed by atoms with Gasteiger partial charge in [0.1, 0.15) is 5.75 Å². The second-order valence-electron chi connectivity index (χ2n) is 2.97. The Morgan fingerprint density at radius 2 is 2.14 bits per heavy atom. The maximum absolute atomic E-state index is 10.8. The Labute approximate surface area is 84.2 Å². The van der Waals surface area contributed by atoms with Gasteiger partial charge >= 0.3 is 5.97 Å². The van der Waals surface area contributed by atoms with E-state index in [1.54, 1.807) is 6.07 Å². The minimum atomic E-state index is -0.280. The fourth-order valence-corrected chi connectivity index (χ4v) is 1.17. The minimum Gasteiger partial charge on any atom is -0.426 e. The molecule has 0 aliphatic carbocycles. The van der Waals surface area contributed by atoms with Crippen molar-refractivity contribution in [2.45, 2.75) is 20.3 Å². The third-order valence-electron chi connectivity index (χ3n) is 1.80. The third kappa shape index (κ3) is 3.05. The molecule has 1 rings (SSSR count). The van der Waals surface area contributed by atoms with Crippen molar-refractivity contribution >= 4 is 5.97 Å². The molecule has 1 aromatic rings. The highest BCUT2D eigenvalue weighted by Crippen LogP contribution is 2.18. The highest BCUT2D eigenvalue weighted by molar-refractivity contribution is 5.69. The van der Waals surface area contributed by atoms with Crippen molar-refractivity contribution in [1.29, 1.82) is 0 Å². The molecule has 2 nitrogen and oxygen atoms in total. The van der Waals surface area contributed by atoms with Crippen LogP contribution in [0.4, 0.5) is 0 Å².